The van der Waals surface area contributed by atoms with Crippen LogP contribution in [0.1, 0.15) is 40.9 Å². The van der Waals surface area contributed by atoms with Crippen molar-refractivity contribution in [3.8, 4) is 0 Å². The van der Waals surface area contributed by atoms with Crippen LogP contribution in [0, 0.1) is 0 Å². The molecule has 0 fully saturated rings. The van der Waals surface area contributed by atoms with Crippen molar-refractivity contribution in [2.45, 2.75) is 38.0 Å². The summed E-state index contributed by atoms with van der Waals surface area (Å²) in [5.41, 5.74) is 2.59. The molecule has 0 aromatic heterocycles. The van der Waals surface area contributed by atoms with Crippen LogP contribution in [-0.2, 0) is 11.2 Å². The van der Waals surface area contributed by atoms with Crippen LogP contribution in [0.4, 0.5) is 0 Å². The summed E-state index contributed by atoms with van der Waals surface area (Å²) in [6.07, 6.45) is 0.0846. The van der Waals surface area contributed by atoms with Crippen LogP contribution in [0.5, 0.6) is 0 Å². The van der Waals surface area contributed by atoms with Crippen molar-refractivity contribution in [1.29, 1.82) is 0 Å². The molecule has 0 heterocycles. The van der Waals surface area contributed by atoms with Gasteiger partial charge in [-0.3, -0.25) is 9.59 Å². The highest BCUT2D eigenvalue weighted by Gasteiger charge is 2.32. The first kappa shape index (κ1) is 17.2. The Bertz CT molecular complexity index is 761. The monoisotopic (exact) mass is 338 g/mol. The standard InChI is InChI=1S/C20H22N2O3/c1-13(21-20(25)14-7-3-2-4-8-14)11-18(24)22-19-16-10-6-5-9-15(16)12-17(19)23/h2-10,13,17,19,23H,11-12H2,1H3,(H,21,25)(H,22,24)/t13?,17-,19+/m0/s1. The number of benzene rings is 2. The fourth-order valence-corrected chi connectivity index (χ4v) is 3.21. The summed E-state index contributed by atoms with van der Waals surface area (Å²) in [5, 5.41) is 15.9. The topological polar surface area (TPSA) is 78.4 Å². The first-order valence-corrected chi connectivity index (χ1v) is 8.45. The third-order valence-corrected chi connectivity index (χ3v) is 4.43. The third kappa shape index (κ3) is 4.06. The molecule has 0 saturated carbocycles. The first-order valence-electron chi connectivity index (χ1n) is 8.45. The number of aliphatic hydroxyl groups excluding tert-OH is 1. The molecule has 0 saturated heterocycles. The van der Waals surface area contributed by atoms with E-state index in [1.807, 2.05) is 30.3 Å². The lowest BCUT2D eigenvalue weighted by Crippen LogP contribution is -2.40. The van der Waals surface area contributed by atoms with Gasteiger partial charge in [0.15, 0.2) is 0 Å². The number of carbonyl (C=O) groups is 2. The summed E-state index contributed by atoms with van der Waals surface area (Å²) < 4.78 is 0. The van der Waals surface area contributed by atoms with Gasteiger partial charge in [0.1, 0.15) is 0 Å². The van der Waals surface area contributed by atoms with E-state index in [0.717, 1.165) is 11.1 Å². The molecule has 2 aromatic carbocycles. The van der Waals surface area contributed by atoms with Gasteiger partial charge in [-0.05, 0) is 30.2 Å². The van der Waals surface area contributed by atoms with Crippen LogP contribution < -0.4 is 10.6 Å². The molecule has 0 radical (unpaired) electrons. The van der Waals surface area contributed by atoms with Gasteiger partial charge in [0.05, 0.1) is 12.1 Å². The predicted octanol–water partition coefficient (Wildman–Crippen LogP) is 1.97. The summed E-state index contributed by atoms with van der Waals surface area (Å²) >= 11 is 0. The summed E-state index contributed by atoms with van der Waals surface area (Å²) in [6.45, 7) is 1.79. The van der Waals surface area contributed by atoms with Gasteiger partial charge in [0.2, 0.25) is 5.91 Å². The molecule has 0 spiro atoms. The minimum atomic E-state index is -0.615. The minimum absolute atomic E-state index is 0.157. The van der Waals surface area contributed by atoms with Crippen LogP contribution in [0.25, 0.3) is 0 Å². The van der Waals surface area contributed by atoms with E-state index in [1.54, 1.807) is 31.2 Å². The zero-order valence-corrected chi connectivity index (χ0v) is 14.1. The second-order valence-corrected chi connectivity index (χ2v) is 6.46. The van der Waals surface area contributed by atoms with Gasteiger partial charge < -0.3 is 15.7 Å². The molecular weight excluding hydrogens is 316 g/mol. The maximum atomic E-state index is 12.3. The molecule has 2 amide bonds. The van der Waals surface area contributed by atoms with E-state index in [-0.39, 0.29) is 30.3 Å². The lowest BCUT2D eigenvalue weighted by atomic mass is 10.1. The van der Waals surface area contributed by atoms with Crippen molar-refractivity contribution < 1.29 is 14.7 Å². The van der Waals surface area contributed by atoms with Gasteiger partial charge in [0.25, 0.3) is 5.91 Å². The van der Waals surface area contributed by atoms with E-state index in [9.17, 15) is 14.7 Å². The SMILES string of the molecule is CC(CC(=O)N[C@@H]1c2ccccc2C[C@@H]1O)NC(=O)c1ccccc1. The van der Waals surface area contributed by atoms with Crippen LogP contribution in [0.3, 0.4) is 0 Å². The Kier molecular flexibility index (Phi) is 5.14. The van der Waals surface area contributed by atoms with Gasteiger partial charge in [-0.25, -0.2) is 0 Å². The summed E-state index contributed by atoms with van der Waals surface area (Å²) in [7, 11) is 0. The van der Waals surface area contributed by atoms with E-state index in [2.05, 4.69) is 10.6 Å². The molecule has 1 unspecified atom stereocenters. The van der Waals surface area contributed by atoms with Crippen molar-refractivity contribution in [3.63, 3.8) is 0 Å². The quantitative estimate of drug-likeness (QED) is 0.780. The maximum Gasteiger partial charge on any atom is 0.251 e. The molecule has 5 nitrogen and oxygen atoms in total. The molecular formula is C20H22N2O3. The van der Waals surface area contributed by atoms with E-state index in [1.165, 1.54) is 0 Å². The highest BCUT2D eigenvalue weighted by Crippen LogP contribution is 2.31. The molecule has 3 atom stereocenters. The van der Waals surface area contributed by atoms with Crippen LogP contribution in [0.15, 0.2) is 54.6 Å². The Morgan fingerprint density at radius 3 is 2.56 bits per heavy atom. The number of nitrogens with one attached hydrogen (secondary N) is 2. The fraction of sp³-hybridized carbons (Fsp3) is 0.300. The van der Waals surface area contributed by atoms with Crippen molar-refractivity contribution in [2.75, 3.05) is 0 Å². The summed E-state index contributed by atoms with van der Waals surface area (Å²) in [6, 6.07) is 15.9. The van der Waals surface area contributed by atoms with Crippen LogP contribution in [-0.4, -0.2) is 29.1 Å². The minimum Gasteiger partial charge on any atom is -0.390 e. The number of rotatable bonds is 5. The molecule has 130 valence electrons. The average molecular weight is 338 g/mol. The summed E-state index contributed by atoms with van der Waals surface area (Å²) in [4.78, 5) is 24.4. The molecule has 3 rings (SSSR count). The number of aliphatic hydroxyl groups is 1. The lowest BCUT2D eigenvalue weighted by molar-refractivity contribution is -0.123. The average Bonchev–Trinajstić information content (AvgIpc) is 2.91. The van der Waals surface area contributed by atoms with Crippen LogP contribution >= 0.6 is 0 Å². The van der Waals surface area contributed by atoms with E-state index in [0.29, 0.717) is 12.0 Å². The second kappa shape index (κ2) is 7.49. The molecule has 1 aliphatic carbocycles. The number of amides is 2. The molecule has 2 aromatic rings. The van der Waals surface area contributed by atoms with Crippen LogP contribution in [0.2, 0.25) is 0 Å². The van der Waals surface area contributed by atoms with Gasteiger partial charge in [-0.2, -0.15) is 0 Å². The Balaban J connectivity index is 1.55. The van der Waals surface area contributed by atoms with Gasteiger partial charge >= 0.3 is 0 Å². The second-order valence-electron chi connectivity index (χ2n) is 6.46. The Morgan fingerprint density at radius 2 is 1.80 bits per heavy atom. The predicted molar refractivity (Wildman–Crippen MR) is 95.0 cm³/mol. The number of fused-ring (bicyclic) bond motifs is 1. The van der Waals surface area contributed by atoms with E-state index >= 15 is 0 Å². The highest BCUT2D eigenvalue weighted by molar-refractivity contribution is 5.94. The van der Waals surface area contributed by atoms with Crippen molar-refractivity contribution in [3.05, 3.63) is 71.3 Å². The van der Waals surface area contributed by atoms with Gasteiger partial charge in [0, 0.05) is 24.4 Å². The van der Waals surface area contributed by atoms with E-state index in [4.69, 9.17) is 0 Å². The Morgan fingerprint density at radius 1 is 1.12 bits per heavy atom. The zero-order chi connectivity index (χ0) is 17.8. The Hall–Kier alpha value is -2.66. The van der Waals surface area contributed by atoms with Crippen molar-refractivity contribution >= 4 is 11.8 Å². The van der Waals surface area contributed by atoms with Gasteiger partial charge in [-0.1, -0.05) is 42.5 Å². The summed E-state index contributed by atoms with van der Waals surface area (Å²) in [5.74, 6) is -0.395. The maximum absolute atomic E-state index is 12.3. The largest absolute Gasteiger partial charge is 0.390 e. The molecule has 25 heavy (non-hydrogen) atoms. The molecule has 5 heteroatoms. The number of carbonyl (C=O) groups excluding carboxylic acids is 2. The van der Waals surface area contributed by atoms with Gasteiger partial charge in [-0.15, -0.1) is 0 Å². The van der Waals surface area contributed by atoms with Crippen molar-refractivity contribution in [1.82, 2.24) is 10.6 Å². The molecule has 0 bridgehead atoms. The molecule has 0 aliphatic heterocycles. The highest BCUT2D eigenvalue weighted by atomic mass is 16.3. The Labute approximate surface area is 147 Å². The number of hydrogen-bond donors (Lipinski definition) is 3. The smallest absolute Gasteiger partial charge is 0.251 e. The number of hydrogen-bond acceptors (Lipinski definition) is 3. The third-order valence-electron chi connectivity index (χ3n) is 4.43. The fourth-order valence-electron chi connectivity index (χ4n) is 3.21. The molecule has 3 N–H and O–H groups in total. The van der Waals surface area contributed by atoms with E-state index < -0.39 is 6.10 Å². The lowest BCUT2D eigenvalue weighted by Gasteiger charge is -2.20. The normalized spacial score (nSPS) is 19.8. The zero-order valence-electron chi connectivity index (χ0n) is 14.1. The van der Waals surface area contributed by atoms with Crippen molar-refractivity contribution in [2.24, 2.45) is 0 Å². The first-order chi connectivity index (χ1) is 12.0. The molecule has 1 aliphatic rings.